The molecule has 1 aromatic rings. The highest BCUT2D eigenvalue weighted by Gasteiger charge is 2.34. The fraction of sp³-hybridized carbons (Fsp3) is 0.333. The Labute approximate surface area is 122 Å². The molecule has 1 saturated carbocycles. The zero-order chi connectivity index (χ0) is 14.1. The number of hydrazone groups is 1. The topological polar surface area (TPSA) is 61.7 Å². The van der Waals surface area contributed by atoms with Crippen LogP contribution >= 0.6 is 11.6 Å². The highest BCUT2D eigenvalue weighted by molar-refractivity contribution is 6.30. The van der Waals surface area contributed by atoms with Crippen molar-refractivity contribution in [1.82, 2.24) is 5.43 Å². The number of benzene rings is 1. The molecule has 0 aromatic heterocycles. The zero-order valence-corrected chi connectivity index (χ0v) is 11.5. The molecule has 0 spiro atoms. The van der Waals surface area contributed by atoms with E-state index in [0.717, 1.165) is 6.42 Å². The van der Waals surface area contributed by atoms with E-state index in [1.807, 2.05) is 0 Å². The number of hydrogen-bond donors (Lipinski definition) is 2. The summed E-state index contributed by atoms with van der Waals surface area (Å²) in [6.45, 7) is 0. The molecule has 2 aliphatic rings. The first kappa shape index (κ1) is 13.2. The number of carbonyl (C=O) groups is 1. The van der Waals surface area contributed by atoms with Crippen molar-refractivity contribution in [2.75, 3.05) is 0 Å². The van der Waals surface area contributed by atoms with Crippen LogP contribution in [0.3, 0.4) is 0 Å². The molecule has 0 aliphatic heterocycles. The van der Waals surface area contributed by atoms with Crippen LogP contribution in [0, 0.1) is 17.8 Å². The molecule has 5 heteroatoms. The minimum atomic E-state index is -0.436. The lowest BCUT2D eigenvalue weighted by Crippen LogP contribution is -2.19. The molecule has 1 amide bonds. The Kier molecular flexibility index (Phi) is 3.49. The molecule has 2 bridgehead atoms. The molecular formula is C15H15ClN2O2. The Bertz CT molecular complexity index is 598. The van der Waals surface area contributed by atoms with E-state index < -0.39 is 5.91 Å². The van der Waals surface area contributed by atoms with E-state index >= 15 is 0 Å². The summed E-state index contributed by atoms with van der Waals surface area (Å²) in [7, 11) is 0. The van der Waals surface area contributed by atoms with Crippen molar-refractivity contribution < 1.29 is 9.90 Å². The van der Waals surface area contributed by atoms with E-state index in [1.54, 1.807) is 12.3 Å². The van der Waals surface area contributed by atoms with Crippen LogP contribution in [0.5, 0.6) is 5.75 Å². The lowest BCUT2D eigenvalue weighted by molar-refractivity contribution is 0.0952. The van der Waals surface area contributed by atoms with Crippen molar-refractivity contribution in [3.63, 3.8) is 0 Å². The highest BCUT2D eigenvalue weighted by atomic mass is 35.5. The van der Waals surface area contributed by atoms with Gasteiger partial charge in [0.1, 0.15) is 5.75 Å². The quantitative estimate of drug-likeness (QED) is 0.511. The van der Waals surface area contributed by atoms with Gasteiger partial charge in [0.25, 0.3) is 5.91 Å². The second-order valence-corrected chi connectivity index (χ2v) is 5.76. The number of phenols is 1. The number of halogens is 1. The normalized spacial score (nSPS) is 27.4. The fourth-order valence-corrected chi connectivity index (χ4v) is 3.11. The molecule has 1 aromatic carbocycles. The van der Waals surface area contributed by atoms with Gasteiger partial charge in [-0.15, -0.1) is 0 Å². The van der Waals surface area contributed by atoms with Crippen LogP contribution in [0.4, 0.5) is 0 Å². The van der Waals surface area contributed by atoms with Crippen LogP contribution in [-0.2, 0) is 0 Å². The summed E-state index contributed by atoms with van der Waals surface area (Å²) in [6.07, 6.45) is 8.60. The number of rotatable bonds is 3. The molecule has 3 rings (SSSR count). The number of allylic oxidation sites excluding steroid dienone is 2. The second-order valence-electron chi connectivity index (χ2n) is 5.32. The number of hydrogen-bond acceptors (Lipinski definition) is 3. The van der Waals surface area contributed by atoms with E-state index in [0.29, 0.717) is 22.8 Å². The predicted molar refractivity (Wildman–Crippen MR) is 77.9 cm³/mol. The van der Waals surface area contributed by atoms with Gasteiger partial charge >= 0.3 is 0 Å². The third-order valence-electron chi connectivity index (χ3n) is 3.97. The number of phenolic OH excluding ortho intramolecular Hbond substituents is 1. The van der Waals surface area contributed by atoms with Gasteiger partial charge in [-0.25, -0.2) is 5.43 Å². The van der Waals surface area contributed by atoms with Gasteiger partial charge in [0, 0.05) is 17.2 Å². The largest absolute Gasteiger partial charge is 0.507 e. The summed E-state index contributed by atoms with van der Waals surface area (Å²) in [5.41, 5.74) is 2.62. The van der Waals surface area contributed by atoms with Crippen LogP contribution in [0.25, 0.3) is 0 Å². The van der Waals surface area contributed by atoms with Crippen molar-refractivity contribution in [1.29, 1.82) is 0 Å². The van der Waals surface area contributed by atoms with Crippen molar-refractivity contribution in [3.8, 4) is 5.75 Å². The minimum absolute atomic E-state index is 0.145. The van der Waals surface area contributed by atoms with Crippen molar-refractivity contribution in [2.45, 2.75) is 12.8 Å². The monoisotopic (exact) mass is 290 g/mol. The number of nitrogens with zero attached hydrogens (tertiary/aromatic N) is 1. The number of carbonyl (C=O) groups excluding carboxylic acids is 1. The van der Waals surface area contributed by atoms with Gasteiger partial charge in [-0.2, -0.15) is 5.10 Å². The highest BCUT2D eigenvalue weighted by Crippen LogP contribution is 2.42. The van der Waals surface area contributed by atoms with Crippen molar-refractivity contribution in [3.05, 3.63) is 40.9 Å². The lowest BCUT2D eigenvalue weighted by atomic mass is 9.95. The molecule has 104 valence electrons. The average Bonchev–Trinajstić information content (AvgIpc) is 3.00. The Morgan fingerprint density at radius 3 is 2.90 bits per heavy atom. The molecule has 0 unspecified atom stereocenters. The van der Waals surface area contributed by atoms with E-state index in [4.69, 9.17) is 11.6 Å². The summed E-state index contributed by atoms with van der Waals surface area (Å²) in [6, 6.07) is 4.37. The maximum atomic E-state index is 11.9. The third kappa shape index (κ3) is 2.56. The smallest absolute Gasteiger partial charge is 0.275 e. The molecule has 0 heterocycles. The Morgan fingerprint density at radius 1 is 1.40 bits per heavy atom. The molecule has 0 radical (unpaired) electrons. The van der Waals surface area contributed by atoms with E-state index in [-0.39, 0.29) is 11.3 Å². The van der Waals surface area contributed by atoms with Crippen LogP contribution in [0.1, 0.15) is 23.2 Å². The number of aromatic hydroxyl groups is 1. The van der Waals surface area contributed by atoms with Gasteiger partial charge in [0.15, 0.2) is 0 Å². The summed E-state index contributed by atoms with van der Waals surface area (Å²) in [4.78, 5) is 11.9. The number of amides is 1. The SMILES string of the molecule is O=C(N/N=C\[C@H]1C[C@H]2C=C[C@@H]1C2)c1ccc(Cl)cc1O. The molecule has 0 saturated heterocycles. The van der Waals surface area contributed by atoms with Crippen LogP contribution in [0.15, 0.2) is 35.5 Å². The molecule has 1 fully saturated rings. The van der Waals surface area contributed by atoms with Gasteiger partial charge in [-0.05, 0) is 42.9 Å². The summed E-state index contributed by atoms with van der Waals surface area (Å²) in [5.74, 6) is 1.06. The van der Waals surface area contributed by atoms with Crippen molar-refractivity contribution >= 4 is 23.7 Å². The van der Waals surface area contributed by atoms with E-state index in [2.05, 4.69) is 22.7 Å². The van der Waals surface area contributed by atoms with Crippen LogP contribution in [0.2, 0.25) is 5.02 Å². The first-order valence-corrected chi connectivity index (χ1v) is 7.01. The number of fused-ring (bicyclic) bond motifs is 2. The first-order chi connectivity index (χ1) is 9.63. The molecule has 2 N–H and O–H groups in total. The third-order valence-corrected chi connectivity index (χ3v) is 4.20. The second kappa shape index (κ2) is 5.29. The fourth-order valence-electron chi connectivity index (χ4n) is 2.94. The Balaban J connectivity index is 1.60. The average molecular weight is 291 g/mol. The minimum Gasteiger partial charge on any atom is -0.507 e. The summed E-state index contributed by atoms with van der Waals surface area (Å²) >= 11 is 5.72. The van der Waals surface area contributed by atoms with Crippen LogP contribution in [-0.4, -0.2) is 17.2 Å². The molecule has 4 nitrogen and oxygen atoms in total. The molecular weight excluding hydrogens is 276 g/mol. The molecule has 20 heavy (non-hydrogen) atoms. The Hall–Kier alpha value is -1.81. The van der Waals surface area contributed by atoms with Crippen molar-refractivity contribution in [2.24, 2.45) is 22.9 Å². The van der Waals surface area contributed by atoms with Gasteiger partial charge in [-0.3, -0.25) is 4.79 Å². The number of nitrogens with one attached hydrogen (secondary N) is 1. The van der Waals surface area contributed by atoms with E-state index in [9.17, 15) is 9.90 Å². The van der Waals surface area contributed by atoms with Gasteiger partial charge in [0.05, 0.1) is 5.56 Å². The van der Waals surface area contributed by atoms with Gasteiger partial charge < -0.3 is 5.11 Å². The summed E-state index contributed by atoms with van der Waals surface area (Å²) in [5, 5.41) is 14.0. The maximum Gasteiger partial charge on any atom is 0.275 e. The zero-order valence-electron chi connectivity index (χ0n) is 10.8. The van der Waals surface area contributed by atoms with Crippen LogP contribution < -0.4 is 5.43 Å². The first-order valence-electron chi connectivity index (χ1n) is 6.64. The van der Waals surface area contributed by atoms with Gasteiger partial charge in [-0.1, -0.05) is 23.8 Å². The maximum absolute atomic E-state index is 11.9. The summed E-state index contributed by atoms with van der Waals surface area (Å²) < 4.78 is 0. The van der Waals surface area contributed by atoms with E-state index in [1.165, 1.54) is 18.6 Å². The molecule has 3 atom stereocenters. The standard InChI is InChI=1S/C15H15ClN2O2/c16-12-3-4-13(14(19)7-12)15(20)18-17-8-11-6-9-1-2-10(11)5-9/h1-4,7-11,19H,5-6H2,(H,18,20)/b17-8-/t9-,10+,11+/m0/s1. The Morgan fingerprint density at radius 2 is 2.25 bits per heavy atom. The lowest BCUT2D eigenvalue weighted by Gasteiger charge is -2.12. The van der Waals surface area contributed by atoms with Gasteiger partial charge in [0.2, 0.25) is 0 Å². The molecule has 2 aliphatic carbocycles. The predicted octanol–water partition coefficient (Wildman–Crippen LogP) is 2.97.